The van der Waals surface area contributed by atoms with Crippen LogP contribution in [-0.4, -0.2) is 31.2 Å². The third kappa shape index (κ3) is 2.57. The molecule has 2 rings (SSSR count). The van der Waals surface area contributed by atoms with Crippen LogP contribution >= 0.6 is 23.2 Å². The monoisotopic (exact) mass is 297 g/mol. The molecule has 0 aliphatic carbocycles. The van der Waals surface area contributed by atoms with Crippen LogP contribution in [0.1, 0.15) is 6.42 Å². The number of hydrogen-bond acceptors (Lipinski definition) is 2. The summed E-state index contributed by atoms with van der Waals surface area (Å²) in [5.74, 6) is -0.630. The van der Waals surface area contributed by atoms with Crippen molar-refractivity contribution in [1.29, 1.82) is 0 Å². The van der Waals surface area contributed by atoms with Gasteiger partial charge in [0.2, 0.25) is 10.0 Å². The largest absolute Gasteiger partial charge is 0.244 e. The fourth-order valence-corrected chi connectivity index (χ4v) is 4.05. The number of hydrogen-bond donors (Lipinski definition) is 0. The van der Waals surface area contributed by atoms with Crippen molar-refractivity contribution in [2.75, 3.05) is 13.1 Å². The highest BCUT2D eigenvalue weighted by molar-refractivity contribution is 7.89. The summed E-state index contributed by atoms with van der Waals surface area (Å²) < 4.78 is 38.6. The van der Waals surface area contributed by atoms with E-state index in [1.807, 2.05) is 0 Å². The predicted octanol–water partition coefficient (Wildman–Crippen LogP) is 2.48. The summed E-state index contributed by atoms with van der Waals surface area (Å²) in [4.78, 5) is -0.204. The van der Waals surface area contributed by atoms with E-state index in [2.05, 4.69) is 0 Å². The van der Waals surface area contributed by atoms with Gasteiger partial charge in [-0.15, -0.1) is 11.6 Å². The van der Waals surface area contributed by atoms with Gasteiger partial charge in [0.25, 0.3) is 0 Å². The van der Waals surface area contributed by atoms with Gasteiger partial charge in [-0.2, -0.15) is 4.31 Å². The molecule has 0 N–H and O–H groups in total. The van der Waals surface area contributed by atoms with E-state index in [9.17, 15) is 12.8 Å². The van der Waals surface area contributed by atoms with Crippen LogP contribution < -0.4 is 0 Å². The molecule has 1 atom stereocenters. The van der Waals surface area contributed by atoms with Gasteiger partial charge >= 0.3 is 0 Å². The van der Waals surface area contributed by atoms with Crippen molar-refractivity contribution in [2.45, 2.75) is 16.7 Å². The minimum atomic E-state index is -3.75. The Morgan fingerprint density at radius 3 is 2.71 bits per heavy atom. The van der Waals surface area contributed by atoms with Crippen molar-refractivity contribution in [3.63, 3.8) is 0 Å². The summed E-state index contributed by atoms with van der Waals surface area (Å²) in [5, 5.41) is -0.179. The van der Waals surface area contributed by atoms with Gasteiger partial charge in [-0.3, -0.25) is 0 Å². The summed E-state index contributed by atoms with van der Waals surface area (Å²) in [6.07, 6.45) is 0.591. The Morgan fingerprint density at radius 1 is 1.41 bits per heavy atom. The number of alkyl halides is 1. The van der Waals surface area contributed by atoms with Crippen molar-refractivity contribution in [3.8, 4) is 0 Å². The smallest absolute Gasteiger partial charge is 0.207 e. The molecule has 1 saturated heterocycles. The van der Waals surface area contributed by atoms with Gasteiger partial charge in [-0.1, -0.05) is 11.6 Å². The fraction of sp³-hybridized carbons (Fsp3) is 0.400. The van der Waals surface area contributed by atoms with Crippen LogP contribution in [0.25, 0.3) is 0 Å². The van der Waals surface area contributed by atoms with Gasteiger partial charge in [-0.25, -0.2) is 12.8 Å². The quantitative estimate of drug-likeness (QED) is 0.787. The lowest BCUT2D eigenvalue weighted by Gasteiger charge is -2.16. The highest BCUT2D eigenvalue weighted by Gasteiger charge is 2.33. The van der Waals surface area contributed by atoms with Crippen LogP contribution in [0.15, 0.2) is 23.1 Å². The second kappa shape index (κ2) is 4.72. The molecular weight excluding hydrogens is 288 g/mol. The molecule has 0 amide bonds. The molecule has 1 aliphatic rings. The Bertz CT molecular complexity index is 535. The minimum absolute atomic E-state index is 0.0180. The molecule has 1 heterocycles. The summed E-state index contributed by atoms with van der Waals surface area (Å²) >= 11 is 11.6. The van der Waals surface area contributed by atoms with Crippen LogP contribution in [0.4, 0.5) is 4.39 Å². The van der Waals surface area contributed by atoms with Crippen molar-refractivity contribution >= 4 is 33.2 Å². The summed E-state index contributed by atoms with van der Waals surface area (Å²) in [5.41, 5.74) is 0. The maximum atomic E-state index is 13.1. The lowest BCUT2D eigenvalue weighted by molar-refractivity contribution is 0.477. The summed E-state index contributed by atoms with van der Waals surface area (Å²) in [7, 11) is -3.75. The maximum absolute atomic E-state index is 13.1. The second-order valence-electron chi connectivity index (χ2n) is 3.82. The average molecular weight is 298 g/mol. The first-order chi connectivity index (χ1) is 7.91. The first-order valence-electron chi connectivity index (χ1n) is 5.00. The summed E-state index contributed by atoms with van der Waals surface area (Å²) in [6, 6.07) is 3.28. The van der Waals surface area contributed by atoms with Crippen LogP contribution in [0, 0.1) is 5.82 Å². The molecule has 0 saturated carbocycles. The molecule has 1 unspecified atom stereocenters. The standard InChI is InChI=1S/C10H10Cl2FNO2S/c11-7-3-4-14(6-7)17(15,16)10-5-8(13)1-2-9(10)12/h1-2,5,7H,3-4,6H2. The van der Waals surface area contributed by atoms with E-state index in [-0.39, 0.29) is 21.8 Å². The highest BCUT2D eigenvalue weighted by Crippen LogP contribution is 2.28. The third-order valence-corrected chi connectivity index (χ3v) is 5.31. The molecule has 0 bridgehead atoms. The lowest BCUT2D eigenvalue weighted by Crippen LogP contribution is -2.29. The molecule has 1 aliphatic heterocycles. The molecule has 0 aromatic heterocycles. The topological polar surface area (TPSA) is 37.4 Å². The zero-order chi connectivity index (χ0) is 12.6. The zero-order valence-electron chi connectivity index (χ0n) is 8.74. The van der Waals surface area contributed by atoms with E-state index in [4.69, 9.17) is 23.2 Å². The van der Waals surface area contributed by atoms with Crippen LogP contribution in [0.2, 0.25) is 5.02 Å². The first-order valence-corrected chi connectivity index (χ1v) is 7.26. The molecule has 7 heteroatoms. The van der Waals surface area contributed by atoms with E-state index in [0.717, 1.165) is 12.1 Å². The van der Waals surface area contributed by atoms with E-state index in [0.29, 0.717) is 13.0 Å². The van der Waals surface area contributed by atoms with Gasteiger partial charge in [0.1, 0.15) is 10.7 Å². The average Bonchev–Trinajstić information content (AvgIpc) is 2.69. The van der Waals surface area contributed by atoms with E-state index in [1.54, 1.807) is 0 Å². The van der Waals surface area contributed by atoms with E-state index < -0.39 is 15.8 Å². The number of halogens is 3. The van der Waals surface area contributed by atoms with Crippen molar-refractivity contribution < 1.29 is 12.8 Å². The van der Waals surface area contributed by atoms with Crippen LogP contribution in [-0.2, 0) is 10.0 Å². The molecule has 94 valence electrons. The Balaban J connectivity index is 2.41. The Labute approximate surface area is 109 Å². The second-order valence-corrected chi connectivity index (χ2v) is 6.75. The Hall–Kier alpha value is -0.360. The van der Waals surface area contributed by atoms with Gasteiger partial charge in [0.15, 0.2) is 0 Å². The predicted molar refractivity (Wildman–Crippen MR) is 64.4 cm³/mol. The maximum Gasteiger partial charge on any atom is 0.244 e. The van der Waals surface area contributed by atoms with Gasteiger partial charge < -0.3 is 0 Å². The van der Waals surface area contributed by atoms with Crippen LogP contribution in [0.5, 0.6) is 0 Å². The minimum Gasteiger partial charge on any atom is -0.207 e. The van der Waals surface area contributed by atoms with Gasteiger partial charge in [-0.05, 0) is 24.6 Å². The molecule has 1 fully saturated rings. The zero-order valence-corrected chi connectivity index (χ0v) is 11.1. The van der Waals surface area contributed by atoms with Gasteiger partial charge in [0, 0.05) is 18.5 Å². The lowest BCUT2D eigenvalue weighted by atomic mass is 10.3. The first kappa shape index (κ1) is 13.1. The SMILES string of the molecule is O=S(=O)(c1cc(F)ccc1Cl)N1CCC(Cl)C1. The molecule has 1 aromatic carbocycles. The Kier molecular flexibility index (Phi) is 3.63. The number of rotatable bonds is 2. The third-order valence-electron chi connectivity index (χ3n) is 2.60. The molecule has 0 radical (unpaired) electrons. The fourth-order valence-electron chi connectivity index (χ4n) is 1.72. The number of benzene rings is 1. The van der Waals surface area contributed by atoms with Crippen LogP contribution in [0.3, 0.4) is 0 Å². The Morgan fingerprint density at radius 2 is 2.12 bits per heavy atom. The number of sulfonamides is 1. The van der Waals surface area contributed by atoms with E-state index in [1.165, 1.54) is 10.4 Å². The normalized spacial score (nSPS) is 21.9. The van der Waals surface area contributed by atoms with Gasteiger partial charge in [0.05, 0.1) is 5.02 Å². The molecular formula is C10H10Cl2FNO2S. The number of nitrogens with zero attached hydrogens (tertiary/aromatic N) is 1. The van der Waals surface area contributed by atoms with Crippen molar-refractivity contribution in [2.24, 2.45) is 0 Å². The molecule has 0 spiro atoms. The molecule has 3 nitrogen and oxygen atoms in total. The van der Waals surface area contributed by atoms with Crippen molar-refractivity contribution in [3.05, 3.63) is 29.0 Å². The van der Waals surface area contributed by atoms with E-state index >= 15 is 0 Å². The van der Waals surface area contributed by atoms with Crippen molar-refractivity contribution in [1.82, 2.24) is 4.31 Å². The molecule has 17 heavy (non-hydrogen) atoms. The highest BCUT2D eigenvalue weighted by atomic mass is 35.5. The molecule has 1 aromatic rings. The summed E-state index contributed by atoms with van der Waals surface area (Å²) in [6.45, 7) is 0.570.